The van der Waals surface area contributed by atoms with Crippen molar-refractivity contribution in [3.63, 3.8) is 0 Å². The maximum atomic E-state index is 12.3. The third kappa shape index (κ3) is 1.55. The monoisotopic (exact) mass is 224 g/mol. The van der Waals surface area contributed by atoms with Gasteiger partial charge in [0.2, 0.25) is 0 Å². The van der Waals surface area contributed by atoms with Crippen LogP contribution < -0.4 is 10.4 Å². The fourth-order valence-electron chi connectivity index (χ4n) is 2.22. The van der Waals surface area contributed by atoms with Crippen molar-refractivity contribution in [2.45, 2.75) is 13.3 Å². The van der Waals surface area contributed by atoms with Gasteiger partial charge < -0.3 is 0 Å². The standard InChI is InChI=1S/C14H12N2O/c1-9-6-7-12-13(14(9)17)11-5-3-2-4-10(11)8-15-16-12/h2-5,7-9H,6H2,1H3. The van der Waals surface area contributed by atoms with E-state index in [4.69, 9.17) is 0 Å². The van der Waals surface area contributed by atoms with Crippen molar-refractivity contribution >= 4 is 17.6 Å². The summed E-state index contributed by atoms with van der Waals surface area (Å²) in [5.41, 5.74) is 1.44. The van der Waals surface area contributed by atoms with Crippen molar-refractivity contribution < 1.29 is 4.79 Å². The summed E-state index contributed by atoms with van der Waals surface area (Å²) in [6.07, 6.45) is 4.46. The van der Waals surface area contributed by atoms with Gasteiger partial charge in [-0.1, -0.05) is 37.3 Å². The van der Waals surface area contributed by atoms with E-state index in [2.05, 4.69) is 10.2 Å². The van der Waals surface area contributed by atoms with E-state index in [-0.39, 0.29) is 11.7 Å². The second-order valence-electron chi connectivity index (χ2n) is 4.40. The molecule has 0 amide bonds. The van der Waals surface area contributed by atoms with Crippen LogP contribution in [0, 0.1) is 5.92 Å². The molecule has 0 N–H and O–H groups in total. The predicted molar refractivity (Wildman–Crippen MR) is 65.3 cm³/mol. The van der Waals surface area contributed by atoms with Gasteiger partial charge in [-0.25, -0.2) is 0 Å². The molecule has 1 atom stereocenters. The normalized spacial score (nSPS) is 22.2. The van der Waals surface area contributed by atoms with Crippen molar-refractivity contribution in [1.82, 2.24) is 0 Å². The molecule has 3 rings (SSSR count). The molecule has 1 aromatic carbocycles. The fraction of sp³-hybridized carbons (Fsp3) is 0.214. The first-order valence-electron chi connectivity index (χ1n) is 5.72. The second-order valence-corrected chi connectivity index (χ2v) is 4.40. The molecule has 0 saturated carbocycles. The Morgan fingerprint density at radius 2 is 2.12 bits per heavy atom. The van der Waals surface area contributed by atoms with E-state index in [1.165, 1.54) is 0 Å². The Hall–Kier alpha value is -2.03. The Bertz CT molecular complexity index is 668. The van der Waals surface area contributed by atoms with Gasteiger partial charge in [0.05, 0.1) is 17.5 Å². The quantitative estimate of drug-likeness (QED) is 0.659. The number of azo groups is 1. The number of fused-ring (bicyclic) bond motifs is 2. The Morgan fingerprint density at radius 1 is 1.29 bits per heavy atom. The molecule has 84 valence electrons. The van der Waals surface area contributed by atoms with Crippen LogP contribution in [0.5, 0.6) is 0 Å². The van der Waals surface area contributed by atoms with Crippen LogP contribution in [0.2, 0.25) is 0 Å². The summed E-state index contributed by atoms with van der Waals surface area (Å²) in [5, 5.41) is 10.0. The zero-order valence-electron chi connectivity index (χ0n) is 9.55. The molecule has 1 unspecified atom stereocenters. The minimum absolute atomic E-state index is 0.0371. The molecule has 1 aromatic rings. The lowest BCUT2D eigenvalue weighted by atomic mass is 9.87. The number of allylic oxidation sites excluding steroid dienone is 2. The lowest BCUT2D eigenvalue weighted by Crippen LogP contribution is -2.31. The highest BCUT2D eigenvalue weighted by molar-refractivity contribution is 6.22. The van der Waals surface area contributed by atoms with Crippen LogP contribution in [-0.4, -0.2) is 5.78 Å². The van der Waals surface area contributed by atoms with Crippen molar-refractivity contribution in [3.05, 3.63) is 46.5 Å². The van der Waals surface area contributed by atoms with E-state index in [1.807, 2.05) is 37.3 Å². The van der Waals surface area contributed by atoms with Crippen LogP contribution in [0.1, 0.15) is 13.3 Å². The highest BCUT2D eigenvalue weighted by Crippen LogP contribution is 2.26. The lowest BCUT2D eigenvalue weighted by Gasteiger charge is -2.17. The van der Waals surface area contributed by atoms with Gasteiger partial charge in [-0.2, -0.15) is 10.2 Å². The number of hydrogen-bond acceptors (Lipinski definition) is 3. The molecule has 0 spiro atoms. The minimum atomic E-state index is 0.0371. The fourth-order valence-corrected chi connectivity index (χ4v) is 2.22. The summed E-state index contributed by atoms with van der Waals surface area (Å²) in [6, 6.07) is 7.80. The number of Topliss-reactive ketones (excluding diaryl/α,β-unsaturated/α-hetero) is 1. The van der Waals surface area contributed by atoms with Crippen molar-refractivity contribution in [1.29, 1.82) is 0 Å². The van der Waals surface area contributed by atoms with Gasteiger partial charge in [0.25, 0.3) is 0 Å². The number of ketones is 1. The highest BCUT2D eigenvalue weighted by atomic mass is 16.1. The van der Waals surface area contributed by atoms with Gasteiger partial charge in [0, 0.05) is 11.1 Å². The molecule has 0 fully saturated rings. The first kappa shape index (κ1) is 10.1. The van der Waals surface area contributed by atoms with E-state index in [0.29, 0.717) is 5.70 Å². The number of benzene rings is 1. The van der Waals surface area contributed by atoms with E-state index < -0.39 is 0 Å². The van der Waals surface area contributed by atoms with Crippen LogP contribution in [0.15, 0.2) is 46.3 Å². The number of nitrogens with zero attached hydrogens (tertiary/aromatic N) is 2. The average molecular weight is 224 g/mol. The molecule has 1 aliphatic heterocycles. The van der Waals surface area contributed by atoms with Crippen LogP contribution >= 0.6 is 0 Å². The molecule has 3 nitrogen and oxygen atoms in total. The zero-order valence-corrected chi connectivity index (χ0v) is 9.55. The smallest absolute Gasteiger partial charge is 0.168 e. The molecule has 1 aliphatic carbocycles. The molecule has 0 aromatic heterocycles. The van der Waals surface area contributed by atoms with Gasteiger partial charge in [-0.15, -0.1) is 0 Å². The maximum Gasteiger partial charge on any atom is 0.168 e. The predicted octanol–water partition coefficient (Wildman–Crippen LogP) is 1.53. The van der Waals surface area contributed by atoms with Crippen LogP contribution in [-0.2, 0) is 4.79 Å². The molecule has 3 heteroatoms. The maximum absolute atomic E-state index is 12.3. The van der Waals surface area contributed by atoms with Crippen molar-refractivity contribution in [3.8, 4) is 0 Å². The Kier molecular flexibility index (Phi) is 2.25. The first-order valence-corrected chi connectivity index (χ1v) is 5.72. The van der Waals surface area contributed by atoms with E-state index in [0.717, 1.165) is 22.4 Å². The number of carbonyl (C=O) groups is 1. The lowest BCUT2D eigenvalue weighted by molar-refractivity contribution is -0.117. The second kappa shape index (κ2) is 3.77. The van der Waals surface area contributed by atoms with E-state index >= 15 is 0 Å². The summed E-state index contributed by atoms with van der Waals surface area (Å²) < 4.78 is 0. The van der Waals surface area contributed by atoms with Gasteiger partial charge in [-0.3, -0.25) is 4.79 Å². The van der Waals surface area contributed by atoms with Crippen LogP contribution in [0.3, 0.4) is 0 Å². The summed E-state index contributed by atoms with van der Waals surface area (Å²) >= 11 is 0. The summed E-state index contributed by atoms with van der Waals surface area (Å²) in [7, 11) is 0. The summed E-state index contributed by atoms with van der Waals surface area (Å²) in [5.74, 6) is 0.208. The Morgan fingerprint density at radius 3 is 3.00 bits per heavy atom. The Labute approximate surface area is 98.9 Å². The Balaban J connectivity index is 2.45. The largest absolute Gasteiger partial charge is 0.294 e. The van der Waals surface area contributed by atoms with Crippen molar-refractivity contribution in [2.24, 2.45) is 16.1 Å². The van der Waals surface area contributed by atoms with E-state index in [1.54, 1.807) is 6.20 Å². The van der Waals surface area contributed by atoms with E-state index in [9.17, 15) is 4.79 Å². The molecule has 2 aliphatic rings. The van der Waals surface area contributed by atoms with Gasteiger partial charge in [0.1, 0.15) is 0 Å². The minimum Gasteiger partial charge on any atom is -0.294 e. The highest BCUT2D eigenvalue weighted by Gasteiger charge is 2.26. The molecular formula is C14H12N2O. The summed E-state index contributed by atoms with van der Waals surface area (Å²) in [6.45, 7) is 1.96. The summed E-state index contributed by atoms with van der Waals surface area (Å²) in [4.78, 5) is 12.3. The number of hydrogen-bond donors (Lipinski definition) is 0. The van der Waals surface area contributed by atoms with Crippen molar-refractivity contribution in [2.75, 3.05) is 0 Å². The van der Waals surface area contributed by atoms with Crippen LogP contribution in [0.4, 0.5) is 0 Å². The molecule has 17 heavy (non-hydrogen) atoms. The van der Waals surface area contributed by atoms with Gasteiger partial charge >= 0.3 is 0 Å². The third-order valence-electron chi connectivity index (χ3n) is 3.21. The molecular weight excluding hydrogens is 212 g/mol. The number of rotatable bonds is 0. The third-order valence-corrected chi connectivity index (χ3v) is 3.21. The van der Waals surface area contributed by atoms with Gasteiger partial charge in [0.15, 0.2) is 5.78 Å². The molecule has 1 heterocycles. The average Bonchev–Trinajstić information content (AvgIpc) is 2.53. The van der Waals surface area contributed by atoms with Gasteiger partial charge in [-0.05, 0) is 11.6 Å². The molecule has 0 bridgehead atoms. The first-order chi connectivity index (χ1) is 8.27. The SMILES string of the molecule is CC1CC=C2N=NC=c3ccccc3=C2C1=O. The topological polar surface area (TPSA) is 41.8 Å². The molecule has 0 radical (unpaired) electrons. The molecule has 0 saturated heterocycles. The zero-order chi connectivity index (χ0) is 11.8. The van der Waals surface area contributed by atoms with Crippen LogP contribution in [0.25, 0.3) is 11.8 Å². The number of carbonyl (C=O) groups excluding carboxylic acids is 1.